The molecule has 1 aliphatic heterocycles. The Morgan fingerprint density at radius 2 is 2.11 bits per heavy atom. The van der Waals surface area contributed by atoms with Gasteiger partial charge in [0.1, 0.15) is 5.84 Å². The lowest BCUT2D eigenvalue weighted by atomic mass is 10.2. The Hall–Kier alpha value is -1.89. The highest BCUT2D eigenvalue weighted by Gasteiger charge is 2.30. The van der Waals surface area contributed by atoms with E-state index in [1.54, 1.807) is 25.1 Å². The highest BCUT2D eigenvalue weighted by molar-refractivity contribution is 7.90. The maximum Gasteiger partial charge on any atom is 0.263 e. The van der Waals surface area contributed by atoms with Crippen LogP contribution in [0, 0.1) is 0 Å². The molecule has 1 amide bonds. The van der Waals surface area contributed by atoms with Crippen LogP contribution < -0.4 is 10.5 Å². The maximum atomic E-state index is 11.8. The summed E-state index contributed by atoms with van der Waals surface area (Å²) in [6, 6.07) is 6.19. The number of nitrogens with one attached hydrogen (secondary N) is 1. The van der Waals surface area contributed by atoms with Crippen LogP contribution in [0.25, 0.3) is 0 Å². The Bertz CT molecular complexity index is 622. The Morgan fingerprint density at radius 3 is 2.78 bits per heavy atom. The number of fused-ring (bicyclic) bond motifs is 1. The van der Waals surface area contributed by atoms with Crippen molar-refractivity contribution in [3.8, 4) is 0 Å². The molecule has 0 aromatic heterocycles. The number of carbonyl (C=O) groups excluding carboxylic acids is 1. The van der Waals surface area contributed by atoms with Gasteiger partial charge in [0.25, 0.3) is 10.0 Å². The van der Waals surface area contributed by atoms with E-state index < -0.39 is 15.9 Å². The predicted molar refractivity (Wildman–Crippen MR) is 66.6 cm³/mol. The molecule has 1 aliphatic rings. The van der Waals surface area contributed by atoms with E-state index in [-0.39, 0.29) is 23.2 Å². The molecule has 6 nitrogen and oxygen atoms in total. The van der Waals surface area contributed by atoms with Crippen LogP contribution in [0.1, 0.15) is 18.9 Å². The van der Waals surface area contributed by atoms with Crippen molar-refractivity contribution in [3.63, 3.8) is 0 Å². The first-order chi connectivity index (χ1) is 8.40. The fraction of sp³-hybridized carbons (Fsp3) is 0.273. The van der Waals surface area contributed by atoms with Gasteiger partial charge in [-0.15, -0.1) is 0 Å². The molecule has 0 bridgehead atoms. The second kappa shape index (κ2) is 4.41. The van der Waals surface area contributed by atoms with Gasteiger partial charge in [0.05, 0.1) is 10.9 Å². The zero-order valence-electron chi connectivity index (χ0n) is 9.75. The summed E-state index contributed by atoms with van der Waals surface area (Å²) in [6.07, 6.45) is 0.0768. The van der Waals surface area contributed by atoms with Gasteiger partial charge in [0.2, 0.25) is 5.91 Å². The summed E-state index contributed by atoms with van der Waals surface area (Å²) in [5.41, 5.74) is 5.59. The Morgan fingerprint density at radius 1 is 1.44 bits per heavy atom. The lowest BCUT2D eigenvalue weighted by Crippen LogP contribution is -2.25. The van der Waals surface area contributed by atoms with Crippen molar-refractivity contribution in [2.24, 2.45) is 10.7 Å². The van der Waals surface area contributed by atoms with Crippen molar-refractivity contribution in [2.75, 3.05) is 0 Å². The van der Waals surface area contributed by atoms with Crippen LogP contribution >= 0.6 is 0 Å². The van der Waals surface area contributed by atoms with Crippen LogP contribution in [0.4, 0.5) is 0 Å². The van der Waals surface area contributed by atoms with E-state index in [1.165, 1.54) is 6.07 Å². The number of nitrogens with zero attached hydrogens (tertiary/aromatic N) is 1. The molecule has 1 aromatic carbocycles. The molecule has 0 spiro atoms. The van der Waals surface area contributed by atoms with Crippen LogP contribution in [0.2, 0.25) is 0 Å². The summed E-state index contributed by atoms with van der Waals surface area (Å²) in [5, 5.41) is 0. The van der Waals surface area contributed by atoms with Crippen molar-refractivity contribution in [3.05, 3.63) is 29.8 Å². The maximum absolute atomic E-state index is 11.8. The summed E-state index contributed by atoms with van der Waals surface area (Å²) in [7, 11) is -3.53. The molecular formula is C11H13N3O3S. The van der Waals surface area contributed by atoms with Crippen LogP contribution in [-0.2, 0) is 14.8 Å². The third-order valence-electron chi connectivity index (χ3n) is 2.51. The van der Waals surface area contributed by atoms with Crippen LogP contribution in [0.5, 0.6) is 0 Å². The number of hydrogen-bond acceptors (Lipinski definition) is 4. The van der Waals surface area contributed by atoms with E-state index in [0.29, 0.717) is 5.56 Å². The third kappa shape index (κ3) is 2.35. The van der Waals surface area contributed by atoms with Gasteiger partial charge in [-0.3, -0.25) is 14.5 Å². The van der Waals surface area contributed by atoms with Gasteiger partial charge in [-0.05, 0) is 19.1 Å². The largest absolute Gasteiger partial charge is 0.370 e. The Balaban J connectivity index is 2.39. The lowest BCUT2D eigenvalue weighted by Gasteiger charge is -2.05. The van der Waals surface area contributed by atoms with E-state index in [2.05, 4.69) is 9.71 Å². The average molecular weight is 267 g/mol. The first kappa shape index (κ1) is 12.6. The minimum atomic E-state index is -3.53. The molecule has 0 radical (unpaired) electrons. The van der Waals surface area contributed by atoms with Crippen LogP contribution in [0.15, 0.2) is 34.2 Å². The molecule has 96 valence electrons. The number of benzene rings is 1. The molecule has 1 atom stereocenters. The zero-order valence-corrected chi connectivity index (χ0v) is 10.6. The van der Waals surface area contributed by atoms with E-state index in [9.17, 15) is 13.2 Å². The number of sulfonamides is 1. The standard InChI is InChI=1S/C11H13N3O3S/c1-7(6-10(12)15)13-11-8-4-2-3-5-9(8)18(16,17)14-11/h2-5,7H,6H2,1H3,(H2,12,15)(H,13,14). The van der Waals surface area contributed by atoms with Gasteiger partial charge < -0.3 is 5.73 Å². The van der Waals surface area contributed by atoms with E-state index in [4.69, 9.17) is 5.73 Å². The number of primary amides is 1. The quantitative estimate of drug-likeness (QED) is 0.805. The number of aliphatic imine (C=N–C) groups is 1. The van der Waals surface area contributed by atoms with E-state index in [1.807, 2.05) is 0 Å². The smallest absolute Gasteiger partial charge is 0.263 e. The van der Waals surface area contributed by atoms with Crippen LogP contribution in [0.3, 0.4) is 0 Å². The number of nitrogens with two attached hydrogens (primary N) is 1. The second-order valence-electron chi connectivity index (χ2n) is 4.10. The minimum Gasteiger partial charge on any atom is -0.370 e. The fourth-order valence-corrected chi connectivity index (χ4v) is 3.03. The number of hydrogen-bond donors (Lipinski definition) is 2. The molecule has 1 unspecified atom stereocenters. The number of carbonyl (C=O) groups is 1. The van der Waals surface area contributed by atoms with Gasteiger partial charge in [-0.2, -0.15) is 0 Å². The molecule has 7 heteroatoms. The van der Waals surface area contributed by atoms with Gasteiger partial charge >= 0.3 is 0 Å². The molecule has 0 saturated heterocycles. The van der Waals surface area contributed by atoms with Crippen molar-refractivity contribution >= 4 is 21.8 Å². The average Bonchev–Trinajstić information content (AvgIpc) is 2.50. The van der Waals surface area contributed by atoms with E-state index >= 15 is 0 Å². The number of rotatable bonds is 3. The monoisotopic (exact) mass is 267 g/mol. The minimum absolute atomic E-state index is 0.0768. The summed E-state index contributed by atoms with van der Waals surface area (Å²) in [6.45, 7) is 1.70. The molecule has 0 saturated carbocycles. The third-order valence-corrected chi connectivity index (χ3v) is 3.91. The molecule has 0 fully saturated rings. The first-order valence-electron chi connectivity index (χ1n) is 5.38. The molecule has 1 heterocycles. The van der Waals surface area contributed by atoms with Gasteiger partial charge in [0, 0.05) is 12.0 Å². The first-order valence-corrected chi connectivity index (χ1v) is 6.87. The fourth-order valence-electron chi connectivity index (χ4n) is 1.79. The Labute approximate surface area is 105 Å². The topological polar surface area (TPSA) is 102 Å². The predicted octanol–water partition coefficient (Wildman–Crippen LogP) is -0.0110. The Kier molecular flexibility index (Phi) is 3.08. The zero-order chi connectivity index (χ0) is 13.3. The van der Waals surface area contributed by atoms with E-state index in [0.717, 1.165) is 0 Å². The molecule has 0 aliphatic carbocycles. The molecule has 18 heavy (non-hydrogen) atoms. The van der Waals surface area contributed by atoms with Gasteiger partial charge in [0.15, 0.2) is 0 Å². The SMILES string of the molecule is CC(CC(N)=O)N=C1NS(=O)(=O)c2ccccc21. The van der Waals surface area contributed by atoms with Crippen molar-refractivity contribution in [1.82, 2.24) is 4.72 Å². The molecule has 1 aromatic rings. The van der Waals surface area contributed by atoms with Crippen molar-refractivity contribution < 1.29 is 13.2 Å². The molecule has 2 rings (SSSR count). The van der Waals surface area contributed by atoms with Gasteiger partial charge in [-0.1, -0.05) is 12.1 Å². The highest BCUT2D eigenvalue weighted by Crippen LogP contribution is 2.22. The van der Waals surface area contributed by atoms with Crippen LogP contribution in [-0.4, -0.2) is 26.2 Å². The summed E-state index contributed by atoms with van der Waals surface area (Å²) >= 11 is 0. The van der Waals surface area contributed by atoms with Gasteiger partial charge in [-0.25, -0.2) is 8.42 Å². The normalized spacial score (nSPS) is 20.2. The lowest BCUT2D eigenvalue weighted by molar-refractivity contribution is -0.118. The second-order valence-corrected chi connectivity index (χ2v) is 5.75. The summed E-state index contributed by atoms with van der Waals surface area (Å²) < 4.78 is 25.9. The summed E-state index contributed by atoms with van der Waals surface area (Å²) in [5.74, 6) is -0.208. The highest BCUT2D eigenvalue weighted by atomic mass is 32.2. The number of amidine groups is 1. The number of amides is 1. The summed E-state index contributed by atoms with van der Waals surface area (Å²) in [4.78, 5) is 15.2. The molecular weight excluding hydrogens is 254 g/mol. The van der Waals surface area contributed by atoms with Crippen molar-refractivity contribution in [1.29, 1.82) is 0 Å². The molecule has 3 N–H and O–H groups in total. The van der Waals surface area contributed by atoms with Crippen molar-refractivity contribution in [2.45, 2.75) is 24.3 Å².